The average Bonchev–Trinajstić information content (AvgIpc) is 2.17. The Kier molecular flexibility index (Phi) is 3.82. The first kappa shape index (κ1) is 9.58. The topological polar surface area (TPSA) is 30.8 Å². The highest BCUT2D eigenvalue weighted by atomic mass is 16.6. The van der Waals surface area contributed by atoms with Crippen molar-refractivity contribution in [2.45, 2.75) is 6.92 Å². The molecule has 0 aliphatic rings. The zero-order valence-corrected chi connectivity index (χ0v) is 7.86. The molecule has 0 amide bonds. The van der Waals surface area contributed by atoms with Gasteiger partial charge in [-0.1, -0.05) is 23.4 Å². The maximum Gasteiger partial charge on any atom is 0.129 e. The normalized spacial score (nSPS) is 11.1. The van der Waals surface area contributed by atoms with E-state index >= 15 is 0 Å². The maximum atomic E-state index is 5.41. The molecule has 0 aliphatic heterocycles. The number of rotatable bonds is 4. The van der Waals surface area contributed by atoms with Crippen LogP contribution in [0.4, 0.5) is 0 Å². The Morgan fingerprint density at radius 3 is 2.62 bits per heavy atom. The molecule has 0 atom stereocenters. The summed E-state index contributed by atoms with van der Waals surface area (Å²) >= 11 is 0. The summed E-state index contributed by atoms with van der Waals surface area (Å²) in [4.78, 5) is 4.60. The molecule has 0 radical (unpaired) electrons. The first-order valence-electron chi connectivity index (χ1n) is 4.07. The Bertz CT molecular complexity index is 270. The van der Waals surface area contributed by atoms with E-state index in [4.69, 9.17) is 4.74 Å². The minimum absolute atomic E-state index is 0.456. The Labute approximate surface area is 78.0 Å². The quantitative estimate of drug-likeness (QED) is 0.523. The Balaban J connectivity index is 2.39. The van der Waals surface area contributed by atoms with Crippen LogP contribution in [0.2, 0.25) is 0 Å². The summed E-state index contributed by atoms with van der Waals surface area (Å²) < 4.78 is 5.41. The highest BCUT2D eigenvalue weighted by Crippen LogP contribution is 2.07. The monoisotopic (exact) mass is 179 g/mol. The molecule has 0 heterocycles. The van der Waals surface area contributed by atoms with Crippen molar-refractivity contribution in [1.29, 1.82) is 0 Å². The van der Waals surface area contributed by atoms with Crippen LogP contribution >= 0.6 is 0 Å². The third-order valence-corrected chi connectivity index (χ3v) is 1.44. The molecule has 3 nitrogen and oxygen atoms in total. The first-order valence-corrected chi connectivity index (χ1v) is 4.07. The van der Waals surface area contributed by atoms with Gasteiger partial charge in [0, 0.05) is 0 Å². The summed E-state index contributed by atoms with van der Waals surface area (Å²) in [5, 5.41) is 3.73. The number of benzene rings is 1. The fourth-order valence-electron chi connectivity index (χ4n) is 0.887. The van der Waals surface area contributed by atoms with E-state index < -0.39 is 0 Å². The molecule has 0 aliphatic carbocycles. The summed E-state index contributed by atoms with van der Waals surface area (Å²) in [5.41, 5.74) is 0.811. The van der Waals surface area contributed by atoms with Crippen LogP contribution in [0, 0.1) is 0 Å². The van der Waals surface area contributed by atoms with Crippen LogP contribution in [-0.2, 0) is 4.84 Å². The van der Waals surface area contributed by atoms with Gasteiger partial charge in [-0.25, -0.2) is 0 Å². The molecular formula is C10H13NO2. The molecular weight excluding hydrogens is 166 g/mol. The predicted molar refractivity (Wildman–Crippen MR) is 52.1 cm³/mol. The largest absolute Gasteiger partial charge is 0.488 e. The molecule has 3 heteroatoms. The molecule has 1 aromatic rings. The van der Waals surface area contributed by atoms with E-state index in [1.165, 1.54) is 7.11 Å². The smallest absolute Gasteiger partial charge is 0.129 e. The highest BCUT2D eigenvalue weighted by molar-refractivity contribution is 5.82. The van der Waals surface area contributed by atoms with Gasteiger partial charge in [0.15, 0.2) is 0 Å². The number of ether oxygens (including phenoxy) is 1. The SMILES string of the molecule is CO/N=C(\C)COc1ccccc1. The van der Waals surface area contributed by atoms with E-state index in [9.17, 15) is 0 Å². The van der Waals surface area contributed by atoms with Crippen molar-refractivity contribution in [2.75, 3.05) is 13.7 Å². The van der Waals surface area contributed by atoms with E-state index in [1.807, 2.05) is 37.3 Å². The van der Waals surface area contributed by atoms with E-state index in [1.54, 1.807) is 0 Å². The molecule has 0 bridgehead atoms. The third-order valence-electron chi connectivity index (χ3n) is 1.44. The lowest BCUT2D eigenvalue weighted by Gasteiger charge is -2.04. The van der Waals surface area contributed by atoms with Crippen LogP contribution in [0.5, 0.6) is 5.75 Å². The van der Waals surface area contributed by atoms with Gasteiger partial charge in [0.1, 0.15) is 19.5 Å². The van der Waals surface area contributed by atoms with Gasteiger partial charge in [-0.15, -0.1) is 0 Å². The minimum atomic E-state index is 0.456. The van der Waals surface area contributed by atoms with E-state index in [0.717, 1.165) is 11.5 Å². The highest BCUT2D eigenvalue weighted by Gasteiger charge is 1.94. The van der Waals surface area contributed by atoms with Crippen molar-refractivity contribution in [3.05, 3.63) is 30.3 Å². The predicted octanol–water partition coefficient (Wildman–Crippen LogP) is 2.09. The molecule has 70 valence electrons. The van der Waals surface area contributed by atoms with Crippen LogP contribution in [0.3, 0.4) is 0 Å². The van der Waals surface area contributed by atoms with Gasteiger partial charge in [0.25, 0.3) is 0 Å². The standard InChI is InChI=1S/C10H13NO2/c1-9(11-12-2)8-13-10-6-4-3-5-7-10/h3-7H,8H2,1-2H3/b11-9+. The van der Waals surface area contributed by atoms with E-state index in [0.29, 0.717) is 6.61 Å². The molecule has 1 aromatic carbocycles. The summed E-state index contributed by atoms with van der Waals surface area (Å²) in [5.74, 6) is 0.841. The van der Waals surface area contributed by atoms with Crippen LogP contribution < -0.4 is 4.74 Å². The Morgan fingerprint density at radius 2 is 2.00 bits per heavy atom. The number of hydrogen-bond donors (Lipinski definition) is 0. The second-order valence-electron chi connectivity index (χ2n) is 2.61. The van der Waals surface area contributed by atoms with Crippen LogP contribution in [0.1, 0.15) is 6.92 Å². The first-order chi connectivity index (χ1) is 6.33. The van der Waals surface area contributed by atoms with Crippen molar-refractivity contribution < 1.29 is 9.57 Å². The molecule has 0 saturated carbocycles. The maximum absolute atomic E-state index is 5.41. The average molecular weight is 179 g/mol. The summed E-state index contributed by atoms with van der Waals surface area (Å²) in [6.07, 6.45) is 0. The summed E-state index contributed by atoms with van der Waals surface area (Å²) in [7, 11) is 1.52. The van der Waals surface area contributed by atoms with Crippen LogP contribution in [0.15, 0.2) is 35.5 Å². The van der Waals surface area contributed by atoms with Gasteiger partial charge in [0.2, 0.25) is 0 Å². The third kappa shape index (κ3) is 3.60. The van der Waals surface area contributed by atoms with Crippen LogP contribution in [0.25, 0.3) is 0 Å². The van der Waals surface area contributed by atoms with Crippen molar-refractivity contribution >= 4 is 5.71 Å². The Morgan fingerprint density at radius 1 is 1.31 bits per heavy atom. The minimum Gasteiger partial charge on any atom is -0.488 e. The summed E-state index contributed by atoms with van der Waals surface area (Å²) in [6.45, 7) is 2.31. The second kappa shape index (κ2) is 5.19. The fraction of sp³-hybridized carbons (Fsp3) is 0.300. The summed E-state index contributed by atoms with van der Waals surface area (Å²) in [6, 6.07) is 9.61. The van der Waals surface area contributed by atoms with E-state index in [2.05, 4.69) is 9.99 Å². The van der Waals surface area contributed by atoms with Gasteiger partial charge >= 0.3 is 0 Å². The lowest BCUT2D eigenvalue weighted by molar-refractivity contribution is 0.209. The van der Waals surface area contributed by atoms with Gasteiger partial charge in [0.05, 0.1) is 5.71 Å². The van der Waals surface area contributed by atoms with Gasteiger partial charge in [-0.2, -0.15) is 0 Å². The molecule has 0 N–H and O–H groups in total. The molecule has 0 aromatic heterocycles. The van der Waals surface area contributed by atoms with Gasteiger partial charge < -0.3 is 9.57 Å². The molecule has 13 heavy (non-hydrogen) atoms. The van der Waals surface area contributed by atoms with Gasteiger partial charge in [-0.05, 0) is 19.1 Å². The lowest BCUT2D eigenvalue weighted by Crippen LogP contribution is -2.07. The second-order valence-corrected chi connectivity index (χ2v) is 2.61. The van der Waals surface area contributed by atoms with Crippen molar-refractivity contribution in [3.63, 3.8) is 0 Å². The Hall–Kier alpha value is -1.51. The van der Waals surface area contributed by atoms with Crippen molar-refractivity contribution in [3.8, 4) is 5.75 Å². The number of hydrogen-bond acceptors (Lipinski definition) is 3. The van der Waals surface area contributed by atoms with Crippen LogP contribution in [-0.4, -0.2) is 19.4 Å². The molecule has 1 rings (SSSR count). The van der Waals surface area contributed by atoms with E-state index in [-0.39, 0.29) is 0 Å². The number of nitrogens with zero attached hydrogens (tertiary/aromatic N) is 1. The molecule has 0 saturated heterocycles. The number of para-hydroxylation sites is 1. The van der Waals surface area contributed by atoms with Gasteiger partial charge in [-0.3, -0.25) is 0 Å². The van der Waals surface area contributed by atoms with Crippen molar-refractivity contribution in [1.82, 2.24) is 0 Å². The molecule has 0 unspecified atom stereocenters. The molecule has 0 fully saturated rings. The van der Waals surface area contributed by atoms with Crippen molar-refractivity contribution in [2.24, 2.45) is 5.16 Å². The lowest BCUT2D eigenvalue weighted by atomic mass is 10.3. The zero-order chi connectivity index (χ0) is 9.52. The molecule has 0 spiro atoms. The fourth-order valence-corrected chi connectivity index (χ4v) is 0.887. The number of oxime groups is 1. The zero-order valence-electron chi connectivity index (χ0n) is 7.86.